The molecule has 0 radical (unpaired) electrons. The van der Waals surface area contributed by atoms with Crippen molar-refractivity contribution in [1.82, 2.24) is 0 Å². The van der Waals surface area contributed by atoms with E-state index < -0.39 is 0 Å². The van der Waals surface area contributed by atoms with Gasteiger partial charge in [0.05, 0.1) is 23.4 Å². The van der Waals surface area contributed by atoms with Crippen LogP contribution in [-0.2, 0) is 22.1 Å². The van der Waals surface area contributed by atoms with Crippen molar-refractivity contribution in [1.29, 1.82) is 0 Å². The Bertz CT molecular complexity index is 1750. The lowest BCUT2D eigenvalue weighted by atomic mass is 9.81. The van der Waals surface area contributed by atoms with E-state index in [0.717, 1.165) is 30.1 Å². The summed E-state index contributed by atoms with van der Waals surface area (Å²) in [4.78, 5) is 6.46. The van der Waals surface area contributed by atoms with Gasteiger partial charge < -0.3 is 4.74 Å². The Balaban J connectivity index is 1.22. The number of hydrogen-bond donors (Lipinski definition) is 0. The number of rotatable bonds is 11. The van der Waals surface area contributed by atoms with Crippen LogP contribution < -0.4 is 9.80 Å². The predicted octanol–water partition coefficient (Wildman–Crippen LogP) is 9.11. The van der Waals surface area contributed by atoms with Crippen LogP contribution in [0.5, 0.6) is 5.75 Å². The molecule has 0 bridgehead atoms. The number of hydroxylamine groups is 1. The number of fused-ring (bicyclic) bond motifs is 2. The molecule has 0 atom stereocenters. The van der Waals surface area contributed by atoms with Crippen LogP contribution in [0.4, 0.5) is 11.4 Å². The summed E-state index contributed by atoms with van der Waals surface area (Å²) >= 11 is 0. The second kappa shape index (κ2) is 13.1. The first-order valence-corrected chi connectivity index (χ1v) is 15.9. The molecule has 228 valence electrons. The van der Waals surface area contributed by atoms with Gasteiger partial charge >= 0.3 is 0 Å². The number of hydrogen-bond acceptors (Lipinski definition) is 3. The van der Waals surface area contributed by atoms with E-state index in [1.165, 1.54) is 28.1 Å². The van der Waals surface area contributed by atoms with Crippen molar-refractivity contribution in [2.75, 3.05) is 24.8 Å². The summed E-state index contributed by atoms with van der Waals surface area (Å²) in [5.74, 6) is 0.896. The van der Waals surface area contributed by atoms with E-state index in [9.17, 15) is 0 Å². The quantitative estimate of drug-likeness (QED) is 0.128. The maximum atomic E-state index is 6.46. The zero-order valence-electron chi connectivity index (χ0n) is 26.8. The molecular weight excluding hydrogens is 552 g/mol. The molecule has 4 aromatic carbocycles. The second-order valence-electron chi connectivity index (χ2n) is 12.6. The third-order valence-electron chi connectivity index (χ3n) is 8.97. The number of ether oxygens (including phenoxy) is 1. The van der Waals surface area contributed by atoms with Gasteiger partial charge in [0.15, 0.2) is 12.3 Å². The minimum Gasteiger partial charge on any atom is -0.487 e. The minimum atomic E-state index is -0.184. The monoisotopic (exact) mass is 595 g/mol. The second-order valence-corrected chi connectivity index (χ2v) is 12.6. The van der Waals surface area contributed by atoms with E-state index >= 15 is 0 Å². The van der Waals surface area contributed by atoms with Crippen LogP contribution in [0, 0.1) is 0 Å². The standard InChI is InChI=1S/C41H43N2O2/c1-40(2)34-22-14-16-24-36(34)42(29-31-44-33-20-10-6-11-21-33)38(40)26-12-7-13-27-39-41(3,4)35-23-15-17-25-37(35)43(39)45-30-28-32-18-8-5-9-19-32/h5-27H,28-31H2,1-4H3/q+1. The van der Waals surface area contributed by atoms with Gasteiger partial charge in [0.1, 0.15) is 12.4 Å². The highest BCUT2D eigenvalue weighted by molar-refractivity contribution is 6.03. The lowest BCUT2D eigenvalue weighted by Gasteiger charge is -2.26. The summed E-state index contributed by atoms with van der Waals surface area (Å²) in [7, 11) is 0. The summed E-state index contributed by atoms with van der Waals surface area (Å²) in [5.41, 5.74) is 8.33. The topological polar surface area (TPSA) is 24.7 Å². The van der Waals surface area contributed by atoms with Gasteiger partial charge in [-0.25, -0.2) is 5.06 Å². The van der Waals surface area contributed by atoms with E-state index in [1.54, 1.807) is 0 Å². The predicted molar refractivity (Wildman–Crippen MR) is 186 cm³/mol. The van der Waals surface area contributed by atoms with Crippen molar-refractivity contribution in [3.05, 3.63) is 162 Å². The van der Waals surface area contributed by atoms with Gasteiger partial charge in [-0.05, 0) is 55.7 Å². The van der Waals surface area contributed by atoms with E-state index in [2.05, 4.69) is 135 Å². The van der Waals surface area contributed by atoms with Crippen LogP contribution in [0.3, 0.4) is 0 Å². The van der Waals surface area contributed by atoms with Crippen molar-refractivity contribution >= 4 is 17.1 Å². The van der Waals surface area contributed by atoms with Crippen LogP contribution >= 0.6 is 0 Å². The van der Waals surface area contributed by atoms with Crippen molar-refractivity contribution in [3.63, 3.8) is 0 Å². The molecule has 0 saturated heterocycles. The molecule has 0 aromatic heterocycles. The molecule has 4 heteroatoms. The Kier molecular flexibility index (Phi) is 8.86. The van der Waals surface area contributed by atoms with E-state index in [4.69, 9.17) is 9.57 Å². The molecule has 0 saturated carbocycles. The molecule has 0 amide bonds. The third kappa shape index (κ3) is 6.29. The highest BCUT2D eigenvalue weighted by atomic mass is 16.7. The summed E-state index contributed by atoms with van der Waals surface area (Å²) < 4.78 is 8.49. The zero-order chi connectivity index (χ0) is 31.3. The molecule has 4 aromatic rings. The first-order valence-electron chi connectivity index (χ1n) is 15.9. The zero-order valence-corrected chi connectivity index (χ0v) is 26.8. The average molecular weight is 596 g/mol. The molecule has 2 aliphatic rings. The van der Waals surface area contributed by atoms with Crippen LogP contribution in [0.2, 0.25) is 0 Å². The molecule has 6 rings (SSSR count). The Morgan fingerprint density at radius 1 is 0.667 bits per heavy atom. The summed E-state index contributed by atoms with van der Waals surface area (Å²) in [6.45, 7) is 11.1. The molecular formula is C41H43N2O2+. The molecule has 4 nitrogen and oxygen atoms in total. The molecule has 0 unspecified atom stereocenters. The van der Waals surface area contributed by atoms with Crippen LogP contribution in [0.25, 0.3) is 0 Å². The largest absolute Gasteiger partial charge is 0.487 e. The molecule has 0 spiro atoms. The lowest BCUT2D eigenvalue weighted by molar-refractivity contribution is -0.439. The van der Waals surface area contributed by atoms with E-state index in [1.807, 2.05) is 41.5 Å². The van der Waals surface area contributed by atoms with Gasteiger partial charge in [0, 0.05) is 23.1 Å². The van der Waals surface area contributed by atoms with Gasteiger partial charge in [-0.3, -0.25) is 4.84 Å². The van der Waals surface area contributed by atoms with Crippen LogP contribution in [0.1, 0.15) is 44.4 Å². The SMILES string of the molecule is CC1(C)C(=CC=CC=CC2=[N+](CCOc3ccccc3)c3ccccc3C2(C)C)N(OCCc2ccccc2)c2ccccc21. The smallest absolute Gasteiger partial charge is 0.209 e. The summed E-state index contributed by atoms with van der Waals surface area (Å²) in [6.07, 6.45) is 11.7. The number of anilines is 1. The molecule has 0 aliphatic carbocycles. The average Bonchev–Trinajstić information content (AvgIpc) is 3.41. The molecule has 0 N–H and O–H groups in total. The van der Waals surface area contributed by atoms with E-state index in [0.29, 0.717) is 13.2 Å². The number of benzene rings is 4. The van der Waals surface area contributed by atoms with Gasteiger partial charge in [-0.2, -0.15) is 4.58 Å². The van der Waals surface area contributed by atoms with Crippen molar-refractivity contribution in [2.24, 2.45) is 0 Å². The Labute approximate surface area is 268 Å². The molecule has 2 aliphatic heterocycles. The first-order chi connectivity index (χ1) is 21.9. The van der Waals surface area contributed by atoms with Crippen molar-refractivity contribution < 1.29 is 14.1 Å². The van der Waals surface area contributed by atoms with Gasteiger partial charge in [-0.1, -0.05) is 117 Å². The van der Waals surface area contributed by atoms with Gasteiger partial charge in [0.2, 0.25) is 5.69 Å². The fourth-order valence-corrected chi connectivity index (χ4v) is 6.53. The maximum absolute atomic E-state index is 6.46. The maximum Gasteiger partial charge on any atom is 0.209 e. The molecule has 2 heterocycles. The normalized spacial score (nSPS) is 17.4. The highest BCUT2D eigenvalue weighted by Crippen LogP contribution is 2.47. The Hall–Kier alpha value is -4.67. The minimum absolute atomic E-state index is 0.120. The number of nitrogens with zero attached hydrogens (tertiary/aromatic N) is 2. The van der Waals surface area contributed by atoms with E-state index in [-0.39, 0.29) is 10.8 Å². The first kappa shape index (κ1) is 30.4. The van der Waals surface area contributed by atoms with Crippen molar-refractivity contribution in [2.45, 2.75) is 44.9 Å². The Morgan fingerprint density at radius 2 is 1.33 bits per heavy atom. The fraction of sp³-hybridized carbons (Fsp3) is 0.244. The van der Waals surface area contributed by atoms with Crippen LogP contribution in [0.15, 0.2) is 145 Å². The Morgan fingerprint density at radius 3 is 2.11 bits per heavy atom. The van der Waals surface area contributed by atoms with Gasteiger partial charge in [0.25, 0.3) is 0 Å². The molecule has 45 heavy (non-hydrogen) atoms. The summed E-state index contributed by atoms with van der Waals surface area (Å²) in [6, 6.07) is 37.8. The summed E-state index contributed by atoms with van der Waals surface area (Å²) in [5, 5.41) is 2.03. The third-order valence-corrected chi connectivity index (χ3v) is 8.97. The highest BCUT2D eigenvalue weighted by Gasteiger charge is 2.44. The lowest BCUT2D eigenvalue weighted by Crippen LogP contribution is -2.29. The van der Waals surface area contributed by atoms with Gasteiger partial charge in [-0.15, -0.1) is 0 Å². The fourth-order valence-electron chi connectivity index (χ4n) is 6.53. The molecule has 0 fully saturated rings. The number of allylic oxidation sites excluding steroid dienone is 6. The van der Waals surface area contributed by atoms with Crippen molar-refractivity contribution in [3.8, 4) is 5.75 Å². The number of para-hydroxylation sites is 3. The van der Waals surface area contributed by atoms with Crippen LogP contribution in [-0.4, -0.2) is 30.0 Å².